The highest BCUT2D eigenvalue weighted by Crippen LogP contribution is 2.28. The Labute approximate surface area is 133 Å². The van der Waals surface area contributed by atoms with Gasteiger partial charge in [-0.3, -0.25) is 4.79 Å². The molecule has 0 bridgehead atoms. The SMILES string of the molecule is C[C@@H]1[C@H](C(=O)O)CCCN1S(=O)(=O)Cc1cc(Cl)ccc1F. The number of aliphatic carboxylic acids is 1. The highest BCUT2D eigenvalue weighted by atomic mass is 35.5. The molecule has 5 nitrogen and oxygen atoms in total. The van der Waals surface area contributed by atoms with Crippen molar-refractivity contribution in [1.29, 1.82) is 0 Å². The Morgan fingerprint density at radius 3 is 2.82 bits per heavy atom. The van der Waals surface area contributed by atoms with Gasteiger partial charge in [0.05, 0.1) is 11.7 Å². The Kier molecular flexibility index (Phi) is 5.09. The molecular formula is C14H17ClFNO4S. The van der Waals surface area contributed by atoms with Gasteiger partial charge >= 0.3 is 5.97 Å². The molecule has 1 fully saturated rings. The predicted molar refractivity (Wildman–Crippen MR) is 80.6 cm³/mol. The summed E-state index contributed by atoms with van der Waals surface area (Å²) in [4.78, 5) is 11.2. The standard InChI is InChI=1S/C14H17ClFNO4S/c1-9-12(14(18)19)3-2-6-17(9)22(20,21)8-10-7-11(15)4-5-13(10)16/h4-5,7,9,12H,2-3,6,8H2,1H3,(H,18,19)/t9-,12-/m1/s1. The summed E-state index contributed by atoms with van der Waals surface area (Å²) in [7, 11) is -3.82. The van der Waals surface area contributed by atoms with Crippen molar-refractivity contribution in [3.63, 3.8) is 0 Å². The van der Waals surface area contributed by atoms with Crippen LogP contribution in [0.5, 0.6) is 0 Å². The molecule has 8 heteroatoms. The molecule has 0 spiro atoms. The molecule has 2 atom stereocenters. The van der Waals surface area contributed by atoms with Gasteiger partial charge in [0.15, 0.2) is 0 Å². The molecule has 1 aromatic rings. The van der Waals surface area contributed by atoms with Gasteiger partial charge in [0.1, 0.15) is 5.82 Å². The second-order valence-corrected chi connectivity index (χ2v) is 7.79. The smallest absolute Gasteiger partial charge is 0.308 e. The van der Waals surface area contributed by atoms with Crippen molar-refractivity contribution in [2.24, 2.45) is 5.92 Å². The van der Waals surface area contributed by atoms with E-state index in [0.29, 0.717) is 12.8 Å². The van der Waals surface area contributed by atoms with Crippen LogP contribution in [0.4, 0.5) is 4.39 Å². The summed E-state index contributed by atoms with van der Waals surface area (Å²) in [5.41, 5.74) is -0.0165. The number of rotatable bonds is 4. The molecule has 0 unspecified atom stereocenters. The van der Waals surface area contributed by atoms with Crippen molar-refractivity contribution in [3.05, 3.63) is 34.6 Å². The summed E-state index contributed by atoms with van der Waals surface area (Å²) >= 11 is 5.77. The number of hydrogen-bond acceptors (Lipinski definition) is 3. The van der Waals surface area contributed by atoms with Crippen molar-refractivity contribution in [2.45, 2.75) is 31.6 Å². The topological polar surface area (TPSA) is 74.7 Å². The molecule has 0 aliphatic carbocycles. The average Bonchev–Trinajstić information content (AvgIpc) is 2.42. The first-order valence-electron chi connectivity index (χ1n) is 6.88. The Balaban J connectivity index is 2.26. The lowest BCUT2D eigenvalue weighted by Gasteiger charge is -2.36. The lowest BCUT2D eigenvalue weighted by Crippen LogP contribution is -2.49. The first kappa shape index (κ1) is 17.2. The van der Waals surface area contributed by atoms with E-state index in [1.807, 2.05) is 0 Å². The lowest BCUT2D eigenvalue weighted by molar-refractivity contribution is -0.144. The fourth-order valence-corrected chi connectivity index (χ4v) is 4.80. The molecule has 0 radical (unpaired) electrons. The number of benzene rings is 1. The molecule has 122 valence electrons. The van der Waals surface area contributed by atoms with Gasteiger partial charge < -0.3 is 5.11 Å². The van der Waals surface area contributed by atoms with Gasteiger partial charge in [0, 0.05) is 23.2 Å². The zero-order chi connectivity index (χ0) is 16.5. The number of hydrogen-bond donors (Lipinski definition) is 1. The number of carbonyl (C=O) groups is 1. The average molecular weight is 350 g/mol. The molecule has 1 heterocycles. The van der Waals surface area contributed by atoms with Crippen LogP contribution in [-0.2, 0) is 20.6 Å². The fourth-order valence-electron chi connectivity index (χ4n) is 2.77. The van der Waals surface area contributed by atoms with E-state index < -0.39 is 39.5 Å². The Morgan fingerprint density at radius 1 is 1.50 bits per heavy atom. The number of piperidine rings is 1. The third-order valence-electron chi connectivity index (χ3n) is 3.95. The van der Waals surface area contributed by atoms with Gasteiger partial charge in [-0.1, -0.05) is 11.6 Å². The van der Waals surface area contributed by atoms with Crippen LogP contribution in [-0.4, -0.2) is 36.4 Å². The molecule has 0 aromatic heterocycles. The summed E-state index contributed by atoms with van der Waals surface area (Å²) < 4.78 is 39.9. The van der Waals surface area contributed by atoms with Crippen LogP contribution in [0, 0.1) is 11.7 Å². The minimum absolute atomic E-state index is 0.0165. The minimum atomic E-state index is -3.82. The van der Waals surface area contributed by atoms with E-state index >= 15 is 0 Å². The van der Waals surface area contributed by atoms with Gasteiger partial charge in [-0.2, -0.15) is 4.31 Å². The summed E-state index contributed by atoms with van der Waals surface area (Å²) in [5.74, 6) is -2.93. The van der Waals surface area contributed by atoms with Gasteiger partial charge in [0.2, 0.25) is 10.0 Å². The van der Waals surface area contributed by atoms with Crippen LogP contribution in [0.25, 0.3) is 0 Å². The molecule has 1 aliphatic rings. The van der Waals surface area contributed by atoms with E-state index in [-0.39, 0.29) is 17.1 Å². The first-order chi connectivity index (χ1) is 10.2. The number of nitrogens with zero attached hydrogens (tertiary/aromatic N) is 1. The van der Waals surface area contributed by atoms with Crippen molar-refractivity contribution in [2.75, 3.05) is 6.54 Å². The number of halogens is 2. The second-order valence-electron chi connectivity index (χ2n) is 5.43. The van der Waals surface area contributed by atoms with Crippen LogP contribution in [0.3, 0.4) is 0 Å². The Bertz CT molecular complexity index is 679. The monoisotopic (exact) mass is 349 g/mol. The van der Waals surface area contributed by atoms with Crippen LogP contribution < -0.4 is 0 Å². The molecule has 1 saturated heterocycles. The van der Waals surface area contributed by atoms with Gasteiger partial charge in [-0.25, -0.2) is 12.8 Å². The zero-order valence-electron chi connectivity index (χ0n) is 12.0. The van der Waals surface area contributed by atoms with Crippen molar-refractivity contribution in [3.8, 4) is 0 Å². The lowest BCUT2D eigenvalue weighted by atomic mass is 9.92. The molecule has 0 saturated carbocycles. The molecule has 22 heavy (non-hydrogen) atoms. The highest BCUT2D eigenvalue weighted by molar-refractivity contribution is 7.88. The van der Waals surface area contributed by atoms with E-state index in [2.05, 4.69) is 0 Å². The van der Waals surface area contributed by atoms with Crippen LogP contribution in [0.1, 0.15) is 25.3 Å². The molecule has 1 aromatic carbocycles. The van der Waals surface area contributed by atoms with E-state index in [4.69, 9.17) is 16.7 Å². The maximum absolute atomic E-state index is 13.7. The summed E-state index contributed by atoms with van der Waals surface area (Å²) in [5, 5.41) is 9.42. The first-order valence-corrected chi connectivity index (χ1v) is 8.87. The largest absolute Gasteiger partial charge is 0.481 e. The molecular weight excluding hydrogens is 333 g/mol. The van der Waals surface area contributed by atoms with Gasteiger partial charge in [-0.15, -0.1) is 0 Å². The van der Waals surface area contributed by atoms with Crippen LogP contribution in [0.2, 0.25) is 5.02 Å². The maximum Gasteiger partial charge on any atom is 0.308 e. The number of carboxylic acids is 1. The molecule has 1 aliphatic heterocycles. The zero-order valence-corrected chi connectivity index (χ0v) is 13.6. The van der Waals surface area contributed by atoms with Crippen molar-refractivity contribution < 1.29 is 22.7 Å². The Morgan fingerprint density at radius 2 is 2.18 bits per heavy atom. The predicted octanol–water partition coefficient (Wildman–Crippen LogP) is 2.49. The minimum Gasteiger partial charge on any atom is -0.481 e. The Hall–Kier alpha value is -1.18. The van der Waals surface area contributed by atoms with E-state index in [9.17, 15) is 17.6 Å². The van der Waals surface area contributed by atoms with E-state index in [0.717, 1.165) is 10.4 Å². The number of sulfonamides is 1. The number of carboxylic acid groups (broad SMARTS) is 1. The normalized spacial score (nSPS) is 23.4. The third-order valence-corrected chi connectivity index (χ3v) is 6.09. The third kappa shape index (κ3) is 3.59. The van der Waals surface area contributed by atoms with Crippen molar-refractivity contribution >= 4 is 27.6 Å². The molecule has 2 rings (SSSR count). The second kappa shape index (κ2) is 6.52. The summed E-state index contributed by atoms with van der Waals surface area (Å²) in [6.07, 6.45) is 0.909. The van der Waals surface area contributed by atoms with E-state index in [1.54, 1.807) is 6.92 Å². The maximum atomic E-state index is 13.7. The highest BCUT2D eigenvalue weighted by Gasteiger charge is 2.39. The summed E-state index contributed by atoms with van der Waals surface area (Å²) in [6.45, 7) is 1.82. The van der Waals surface area contributed by atoms with Gasteiger partial charge in [0.25, 0.3) is 0 Å². The van der Waals surface area contributed by atoms with Gasteiger partial charge in [-0.05, 0) is 38.0 Å². The van der Waals surface area contributed by atoms with E-state index in [1.165, 1.54) is 12.1 Å². The molecule has 1 N–H and O–H groups in total. The quantitative estimate of drug-likeness (QED) is 0.906. The fraction of sp³-hybridized carbons (Fsp3) is 0.500. The summed E-state index contributed by atoms with van der Waals surface area (Å²) in [6, 6.07) is 3.08. The van der Waals surface area contributed by atoms with Crippen LogP contribution in [0.15, 0.2) is 18.2 Å². The van der Waals surface area contributed by atoms with Crippen molar-refractivity contribution in [1.82, 2.24) is 4.31 Å². The molecule has 0 amide bonds. The van der Waals surface area contributed by atoms with Crippen LogP contribution >= 0.6 is 11.6 Å².